The lowest BCUT2D eigenvalue weighted by Crippen LogP contribution is -2.16. The Kier molecular flexibility index (Phi) is 4.95. The number of rotatable bonds is 6. The van der Waals surface area contributed by atoms with Crippen LogP contribution < -0.4 is 10.0 Å². The normalized spacial score (nSPS) is 11.3. The highest BCUT2D eigenvalue weighted by atomic mass is 79.9. The van der Waals surface area contributed by atoms with E-state index in [9.17, 15) is 8.42 Å². The second kappa shape index (κ2) is 6.51. The summed E-state index contributed by atoms with van der Waals surface area (Å²) in [6.45, 7) is 2.70. The van der Waals surface area contributed by atoms with Gasteiger partial charge in [0, 0.05) is 18.9 Å². The lowest BCUT2D eigenvalue weighted by Gasteiger charge is -2.11. The van der Waals surface area contributed by atoms with Crippen LogP contribution in [-0.2, 0) is 10.0 Å². The minimum Gasteiger partial charge on any atom is -0.384 e. The van der Waals surface area contributed by atoms with Gasteiger partial charge in [-0.25, -0.2) is 13.4 Å². The van der Waals surface area contributed by atoms with Gasteiger partial charge in [0.2, 0.25) is 0 Å². The zero-order valence-electron chi connectivity index (χ0n) is 10.6. The quantitative estimate of drug-likeness (QED) is 0.809. The smallest absolute Gasteiger partial charge is 0.267 e. The lowest BCUT2D eigenvalue weighted by atomic mass is 10.4. The number of anilines is 2. The van der Waals surface area contributed by atoms with Crippen LogP contribution in [0.25, 0.3) is 0 Å². The maximum atomic E-state index is 12.4. The number of sulfonamides is 1. The molecule has 2 aromatic rings. The van der Waals surface area contributed by atoms with Crippen LogP contribution in [0.3, 0.4) is 0 Å². The van der Waals surface area contributed by atoms with Crippen LogP contribution in [0.15, 0.2) is 33.3 Å². The minimum atomic E-state index is -3.71. The summed E-state index contributed by atoms with van der Waals surface area (Å²) < 4.78 is 27.9. The number of hydrogen-bond donors (Lipinski definition) is 2. The number of pyridine rings is 1. The SMILES string of the molecule is CCCNc1ccncc1S(=O)(=O)Nc1ncc(Br)s1. The van der Waals surface area contributed by atoms with Crippen molar-refractivity contribution in [2.24, 2.45) is 0 Å². The van der Waals surface area contributed by atoms with Crippen molar-refractivity contribution < 1.29 is 8.42 Å². The van der Waals surface area contributed by atoms with Gasteiger partial charge in [-0.2, -0.15) is 0 Å². The van der Waals surface area contributed by atoms with E-state index >= 15 is 0 Å². The second-order valence-electron chi connectivity index (χ2n) is 3.87. The summed E-state index contributed by atoms with van der Waals surface area (Å²) in [6, 6.07) is 1.64. The van der Waals surface area contributed by atoms with Crippen LogP contribution in [0.5, 0.6) is 0 Å². The molecule has 0 radical (unpaired) electrons. The molecule has 2 heterocycles. The summed E-state index contributed by atoms with van der Waals surface area (Å²) in [7, 11) is -3.71. The molecule has 0 aliphatic rings. The van der Waals surface area contributed by atoms with Crippen molar-refractivity contribution in [3.05, 3.63) is 28.4 Å². The Morgan fingerprint density at radius 3 is 2.85 bits per heavy atom. The van der Waals surface area contributed by atoms with Crippen molar-refractivity contribution in [3.8, 4) is 0 Å². The number of hydrogen-bond acceptors (Lipinski definition) is 6. The van der Waals surface area contributed by atoms with Gasteiger partial charge < -0.3 is 5.32 Å². The zero-order valence-corrected chi connectivity index (χ0v) is 13.8. The third-order valence-electron chi connectivity index (χ3n) is 2.34. The van der Waals surface area contributed by atoms with E-state index in [0.29, 0.717) is 17.4 Å². The number of thiazole rings is 1. The highest BCUT2D eigenvalue weighted by molar-refractivity contribution is 9.11. The Labute approximate surface area is 129 Å². The van der Waals surface area contributed by atoms with E-state index < -0.39 is 10.0 Å². The van der Waals surface area contributed by atoms with Gasteiger partial charge in [-0.15, -0.1) is 0 Å². The predicted molar refractivity (Wildman–Crippen MR) is 83.6 cm³/mol. The highest BCUT2D eigenvalue weighted by Crippen LogP contribution is 2.27. The third kappa shape index (κ3) is 3.68. The maximum absolute atomic E-state index is 12.4. The van der Waals surface area contributed by atoms with Crippen molar-refractivity contribution in [1.29, 1.82) is 0 Å². The number of halogens is 1. The average Bonchev–Trinajstić information content (AvgIpc) is 2.81. The Morgan fingerprint density at radius 1 is 1.40 bits per heavy atom. The molecule has 0 aliphatic carbocycles. The van der Waals surface area contributed by atoms with Gasteiger partial charge in [0.15, 0.2) is 5.13 Å². The molecule has 2 aromatic heterocycles. The topological polar surface area (TPSA) is 84.0 Å². The molecule has 6 nitrogen and oxygen atoms in total. The molecular formula is C11H13BrN4O2S2. The Balaban J connectivity index is 2.29. The van der Waals surface area contributed by atoms with Crippen LogP contribution in [0, 0.1) is 0 Å². The van der Waals surface area contributed by atoms with Crippen LogP contribution in [0.2, 0.25) is 0 Å². The monoisotopic (exact) mass is 376 g/mol. The maximum Gasteiger partial charge on any atom is 0.267 e. The average molecular weight is 377 g/mol. The van der Waals surface area contributed by atoms with E-state index in [1.54, 1.807) is 18.5 Å². The molecule has 0 fully saturated rings. The predicted octanol–water partition coefficient (Wildman–Crippen LogP) is 2.92. The molecule has 9 heteroatoms. The van der Waals surface area contributed by atoms with Crippen molar-refractivity contribution in [2.75, 3.05) is 16.6 Å². The van der Waals surface area contributed by atoms with Gasteiger partial charge in [-0.1, -0.05) is 18.3 Å². The lowest BCUT2D eigenvalue weighted by molar-refractivity contribution is 0.601. The van der Waals surface area contributed by atoms with Gasteiger partial charge in [0.25, 0.3) is 10.0 Å². The van der Waals surface area contributed by atoms with Crippen LogP contribution in [0.4, 0.5) is 10.8 Å². The molecule has 0 bridgehead atoms. The van der Waals surface area contributed by atoms with E-state index in [4.69, 9.17) is 0 Å². The first kappa shape index (κ1) is 15.2. The number of nitrogens with zero attached hydrogens (tertiary/aromatic N) is 2. The van der Waals surface area contributed by atoms with Crippen LogP contribution in [0.1, 0.15) is 13.3 Å². The summed E-state index contributed by atoms with van der Waals surface area (Å²) in [6.07, 6.45) is 5.32. The third-order valence-corrected chi connectivity index (χ3v) is 5.23. The highest BCUT2D eigenvalue weighted by Gasteiger charge is 2.20. The first-order chi connectivity index (χ1) is 9.53. The van der Waals surface area contributed by atoms with Crippen molar-refractivity contribution in [3.63, 3.8) is 0 Å². The van der Waals surface area contributed by atoms with Gasteiger partial charge >= 0.3 is 0 Å². The first-order valence-electron chi connectivity index (χ1n) is 5.85. The fourth-order valence-electron chi connectivity index (χ4n) is 1.47. The van der Waals surface area contributed by atoms with Crippen molar-refractivity contribution in [2.45, 2.75) is 18.2 Å². The fourth-order valence-corrected chi connectivity index (χ4v) is 3.95. The molecule has 0 aliphatic heterocycles. The summed E-state index contributed by atoms with van der Waals surface area (Å²) in [5.74, 6) is 0. The summed E-state index contributed by atoms with van der Waals surface area (Å²) in [5, 5.41) is 3.38. The minimum absolute atomic E-state index is 0.111. The van der Waals surface area contributed by atoms with Crippen LogP contribution in [-0.4, -0.2) is 24.9 Å². The molecule has 20 heavy (non-hydrogen) atoms. The first-order valence-corrected chi connectivity index (χ1v) is 8.94. The largest absolute Gasteiger partial charge is 0.384 e. The fraction of sp³-hybridized carbons (Fsp3) is 0.273. The zero-order chi connectivity index (χ0) is 14.6. The van der Waals surface area contributed by atoms with Gasteiger partial charge in [0.1, 0.15) is 4.90 Å². The van der Waals surface area contributed by atoms with Gasteiger partial charge in [-0.05, 0) is 28.4 Å². The van der Waals surface area contributed by atoms with Gasteiger partial charge in [0.05, 0.1) is 15.7 Å². The van der Waals surface area contributed by atoms with E-state index in [2.05, 4.69) is 35.9 Å². The summed E-state index contributed by atoms with van der Waals surface area (Å²) in [4.78, 5) is 7.95. The number of nitrogens with one attached hydrogen (secondary N) is 2. The number of aromatic nitrogens is 2. The molecule has 0 aromatic carbocycles. The van der Waals surface area contributed by atoms with E-state index in [0.717, 1.165) is 10.2 Å². The van der Waals surface area contributed by atoms with E-state index in [1.165, 1.54) is 17.5 Å². The van der Waals surface area contributed by atoms with Crippen LogP contribution >= 0.6 is 27.3 Å². The molecule has 0 spiro atoms. The molecule has 0 saturated carbocycles. The molecule has 0 amide bonds. The molecule has 108 valence electrons. The van der Waals surface area contributed by atoms with Crippen molar-refractivity contribution >= 4 is 48.1 Å². The molecule has 0 atom stereocenters. The molecule has 2 N–H and O–H groups in total. The van der Waals surface area contributed by atoms with Gasteiger partial charge in [-0.3, -0.25) is 9.71 Å². The molecule has 0 unspecified atom stereocenters. The summed E-state index contributed by atoms with van der Waals surface area (Å²) in [5.41, 5.74) is 0.532. The molecular weight excluding hydrogens is 364 g/mol. The van der Waals surface area contributed by atoms with E-state index in [-0.39, 0.29) is 4.90 Å². The summed E-state index contributed by atoms with van der Waals surface area (Å²) >= 11 is 4.45. The second-order valence-corrected chi connectivity index (χ2v) is 7.93. The Morgan fingerprint density at radius 2 is 2.20 bits per heavy atom. The standard InChI is InChI=1S/C11H13BrN4O2S2/c1-2-4-14-8-3-5-13-6-9(8)20(17,18)16-11-15-7-10(12)19-11/h3,5-7H,2,4H2,1H3,(H,13,14)(H,15,16). The molecule has 0 saturated heterocycles. The Bertz CT molecular complexity index is 687. The Hall–Kier alpha value is -1.19. The van der Waals surface area contributed by atoms with E-state index in [1.807, 2.05) is 6.92 Å². The van der Waals surface area contributed by atoms with Crippen molar-refractivity contribution in [1.82, 2.24) is 9.97 Å². The molecule has 2 rings (SSSR count).